The number of carbonyl (C=O) groups excluding carboxylic acids is 1. The molecule has 0 atom stereocenters. The van der Waals surface area contributed by atoms with Gasteiger partial charge in [0.05, 0.1) is 23.4 Å². The van der Waals surface area contributed by atoms with Gasteiger partial charge in [-0.15, -0.1) is 0 Å². The number of rotatable bonds is 2. The number of carbonyl (C=O) groups is 1. The zero-order valence-electron chi connectivity index (χ0n) is 15.5. The van der Waals surface area contributed by atoms with E-state index in [-0.39, 0.29) is 11.3 Å². The summed E-state index contributed by atoms with van der Waals surface area (Å²) in [6.07, 6.45) is 3.07. The van der Waals surface area contributed by atoms with Crippen molar-refractivity contribution in [3.63, 3.8) is 0 Å². The van der Waals surface area contributed by atoms with Gasteiger partial charge in [-0.25, -0.2) is 4.79 Å². The van der Waals surface area contributed by atoms with Crippen molar-refractivity contribution in [2.45, 2.75) is 19.3 Å². The Hall–Kier alpha value is -3.28. The number of piperidine rings is 1. The molecule has 0 spiro atoms. The van der Waals surface area contributed by atoms with Crippen molar-refractivity contribution in [1.29, 1.82) is 0 Å². The minimum Gasteiger partial charge on any atom is -0.496 e. The molecule has 3 heterocycles. The largest absolute Gasteiger partial charge is 0.496 e. The lowest BCUT2D eigenvalue weighted by Crippen LogP contribution is -2.35. The van der Waals surface area contributed by atoms with Crippen molar-refractivity contribution in [3.8, 4) is 5.75 Å². The molecule has 142 valence electrons. The lowest BCUT2D eigenvalue weighted by molar-refractivity contribution is 0.0723. The monoisotopic (exact) mass is 377 g/mol. The number of furan rings is 1. The van der Waals surface area contributed by atoms with Crippen molar-refractivity contribution in [2.75, 3.05) is 20.2 Å². The maximum Gasteiger partial charge on any atom is 0.348 e. The molecule has 0 bridgehead atoms. The highest BCUT2D eigenvalue weighted by molar-refractivity contribution is 6.21. The van der Waals surface area contributed by atoms with Crippen molar-refractivity contribution in [1.82, 2.24) is 4.90 Å². The fraction of sp³-hybridized carbons (Fsp3) is 0.273. The van der Waals surface area contributed by atoms with Crippen LogP contribution in [0.2, 0.25) is 0 Å². The number of nitrogens with zero attached hydrogens (tertiary/aromatic N) is 1. The van der Waals surface area contributed by atoms with Crippen LogP contribution in [0.1, 0.15) is 29.6 Å². The quantitative estimate of drug-likeness (QED) is 0.486. The summed E-state index contributed by atoms with van der Waals surface area (Å²) in [6, 6.07) is 10.7. The lowest BCUT2D eigenvalue weighted by atomic mass is 10.0. The molecule has 0 unspecified atom stereocenters. The number of fused-ring (bicyclic) bond motifs is 5. The molecule has 4 aromatic rings. The van der Waals surface area contributed by atoms with Gasteiger partial charge < -0.3 is 18.5 Å². The van der Waals surface area contributed by atoms with Gasteiger partial charge in [-0.2, -0.15) is 0 Å². The van der Waals surface area contributed by atoms with Crippen molar-refractivity contribution >= 4 is 38.8 Å². The molecule has 6 heteroatoms. The lowest BCUT2D eigenvalue weighted by Gasteiger charge is -2.27. The molecular formula is C22H19NO5. The predicted molar refractivity (Wildman–Crippen MR) is 106 cm³/mol. The summed E-state index contributed by atoms with van der Waals surface area (Å²) in [6.45, 7) is 1.40. The van der Waals surface area contributed by atoms with Gasteiger partial charge in [0.2, 0.25) is 0 Å². The summed E-state index contributed by atoms with van der Waals surface area (Å²) in [4.78, 5) is 28.0. The highest BCUT2D eigenvalue weighted by Gasteiger charge is 2.28. The summed E-state index contributed by atoms with van der Waals surface area (Å²) in [5.74, 6) is 0.288. The third kappa shape index (κ3) is 2.41. The molecule has 2 aromatic carbocycles. The molecule has 0 saturated carbocycles. The van der Waals surface area contributed by atoms with Gasteiger partial charge in [0.1, 0.15) is 22.3 Å². The standard InChI is InChI=1S/C22H19NO5/c1-26-15-9-10-16-17(18(15)21(24)23-11-5-2-6-12-23)19-20(27-16)13-7-3-4-8-14(13)28-22(19)25/h3-4,7-10H,2,5-6,11-12H2,1H3. The molecule has 0 radical (unpaired) electrons. The van der Waals surface area contributed by atoms with Gasteiger partial charge in [-0.1, -0.05) is 12.1 Å². The van der Waals surface area contributed by atoms with Crippen LogP contribution >= 0.6 is 0 Å². The molecule has 5 rings (SSSR count). The Morgan fingerprint density at radius 1 is 0.964 bits per heavy atom. The highest BCUT2D eigenvalue weighted by Crippen LogP contribution is 2.38. The van der Waals surface area contributed by atoms with Crippen LogP contribution in [0.4, 0.5) is 0 Å². The summed E-state index contributed by atoms with van der Waals surface area (Å²) < 4.78 is 17.0. The average molecular weight is 377 g/mol. The number of hydrogen-bond acceptors (Lipinski definition) is 5. The van der Waals surface area contributed by atoms with Crippen molar-refractivity contribution in [2.24, 2.45) is 0 Å². The predicted octanol–water partition coefficient (Wildman–Crippen LogP) is 4.33. The van der Waals surface area contributed by atoms with Gasteiger partial charge in [0, 0.05) is 13.1 Å². The van der Waals surface area contributed by atoms with Crippen LogP contribution in [-0.2, 0) is 0 Å². The first kappa shape index (κ1) is 16.9. The summed E-state index contributed by atoms with van der Waals surface area (Å²) in [7, 11) is 1.52. The number of ether oxygens (including phenoxy) is 1. The maximum absolute atomic E-state index is 13.4. The first-order valence-corrected chi connectivity index (χ1v) is 9.43. The highest BCUT2D eigenvalue weighted by atomic mass is 16.5. The van der Waals surface area contributed by atoms with E-state index in [9.17, 15) is 9.59 Å². The van der Waals surface area contributed by atoms with E-state index in [0.29, 0.717) is 51.9 Å². The molecule has 2 aromatic heterocycles. The molecule has 0 N–H and O–H groups in total. The van der Waals surface area contributed by atoms with Crippen LogP contribution in [0, 0.1) is 0 Å². The molecule has 1 saturated heterocycles. The van der Waals surface area contributed by atoms with Gasteiger partial charge in [-0.3, -0.25) is 4.79 Å². The van der Waals surface area contributed by atoms with Gasteiger partial charge >= 0.3 is 5.63 Å². The fourth-order valence-electron chi connectivity index (χ4n) is 4.09. The van der Waals surface area contributed by atoms with Crippen LogP contribution in [-0.4, -0.2) is 31.0 Å². The first-order valence-electron chi connectivity index (χ1n) is 9.43. The van der Waals surface area contributed by atoms with E-state index in [0.717, 1.165) is 19.3 Å². The Kier molecular flexibility index (Phi) is 3.86. The third-order valence-corrected chi connectivity index (χ3v) is 5.43. The second kappa shape index (κ2) is 6.41. The van der Waals surface area contributed by atoms with Crippen LogP contribution in [0.15, 0.2) is 50.0 Å². The Bertz CT molecular complexity index is 1280. The Balaban J connectivity index is 1.88. The number of amides is 1. The fourth-order valence-corrected chi connectivity index (χ4v) is 4.09. The van der Waals surface area contributed by atoms with Crippen LogP contribution in [0.25, 0.3) is 32.9 Å². The van der Waals surface area contributed by atoms with E-state index in [4.69, 9.17) is 13.6 Å². The number of hydrogen-bond donors (Lipinski definition) is 0. The minimum absolute atomic E-state index is 0.141. The summed E-state index contributed by atoms with van der Waals surface area (Å²) in [5, 5.41) is 1.45. The zero-order valence-corrected chi connectivity index (χ0v) is 15.5. The number of benzene rings is 2. The van der Waals surface area contributed by atoms with E-state index in [1.54, 1.807) is 24.3 Å². The topological polar surface area (TPSA) is 72.9 Å². The second-order valence-corrected chi connectivity index (χ2v) is 7.06. The maximum atomic E-state index is 13.4. The minimum atomic E-state index is -0.520. The molecule has 6 nitrogen and oxygen atoms in total. The number of methoxy groups -OCH3 is 1. The first-order chi connectivity index (χ1) is 13.7. The number of likely N-dealkylation sites (tertiary alicyclic amines) is 1. The van der Waals surface area contributed by atoms with E-state index in [2.05, 4.69) is 0 Å². The summed E-state index contributed by atoms with van der Waals surface area (Å²) >= 11 is 0. The molecular weight excluding hydrogens is 358 g/mol. The summed E-state index contributed by atoms with van der Waals surface area (Å²) in [5.41, 5.74) is 1.20. The SMILES string of the molecule is COc1ccc2oc3c4ccccc4oc(=O)c3c2c1C(=O)N1CCCCC1. The normalized spacial score (nSPS) is 14.8. The second-order valence-electron chi connectivity index (χ2n) is 7.06. The van der Waals surface area contributed by atoms with E-state index >= 15 is 0 Å². The molecule has 1 amide bonds. The van der Waals surface area contributed by atoms with Crippen molar-refractivity contribution < 1.29 is 18.4 Å². The van der Waals surface area contributed by atoms with Gasteiger partial charge in [0.15, 0.2) is 5.58 Å². The Morgan fingerprint density at radius 3 is 2.54 bits per heavy atom. The molecule has 0 aliphatic carbocycles. The number of para-hydroxylation sites is 1. The zero-order chi connectivity index (χ0) is 19.3. The van der Waals surface area contributed by atoms with E-state index < -0.39 is 5.63 Å². The van der Waals surface area contributed by atoms with Crippen LogP contribution in [0.3, 0.4) is 0 Å². The Labute approximate surface area is 160 Å². The molecule has 28 heavy (non-hydrogen) atoms. The Morgan fingerprint density at radius 2 is 1.75 bits per heavy atom. The smallest absolute Gasteiger partial charge is 0.348 e. The van der Waals surface area contributed by atoms with Crippen LogP contribution in [0.5, 0.6) is 5.75 Å². The third-order valence-electron chi connectivity index (χ3n) is 5.43. The van der Waals surface area contributed by atoms with E-state index in [1.807, 2.05) is 17.0 Å². The van der Waals surface area contributed by atoms with Gasteiger partial charge in [0.25, 0.3) is 5.91 Å². The van der Waals surface area contributed by atoms with E-state index in [1.165, 1.54) is 7.11 Å². The van der Waals surface area contributed by atoms with Crippen molar-refractivity contribution in [3.05, 3.63) is 52.4 Å². The van der Waals surface area contributed by atoms with Gasteiger partial charge in [-0.05, 0) is 43.5 Å². The molecule has 1 aliphatic heterocycles. The molecule has 1 fully saturated rings. The average Bonchev–Trinajstić information content (AvgIpc) is 3.13. The van der Waals surface area contributed by atoms with Crippen LogP contribution < -0.4 is 10.4 Å². The molecule has 1 aliphatic rings.